The van der Waals surface area contributed by atoms with E-state index in [0.29, 0.717) is 6.54 Å². The van der Waals surface area contributed by atoms with Gasteiger partial charge in [0.05, 0.1) is 17.4 Å². The number of carbonyl (C=O) groups is 1. The monoisotopic (exact) mass is 245 g/mol. The van der Waals surface area contributed by atoms with Crippen molar-refractivity contribution >= 4 is 16.9 Å². The van der Waals surface area contributed by atoms with E-state index in [9.17, 15) is 4.79 Å². The molecule has 0 unspecified atom stereocenters. The van der Waals surface area contributed by atoms with Crippen molar-refractivity contribution in [3.05, 3.63) is 29.6 Å². The second kappa shape index (κ2) is 4.80. The number of benzene rings is 1. The summed E-state index contributed by atoms with van der Waals surface area (Å²) in [5, 5.41) is 0. The molecule has 0 spiro atoms. The molecule has 0 atom stereocenters. The molecule has 1 aromatic carbocycles. The molecule has 2 aromatic rings. The second-order valence-electron chi connectivity index (χ2n) is 4.71. The van der Waals surface area contributed by atoms with Crippen molar-refractivity contribution in [2.75, 3.05) is 13.6 Å². The van der Waals surface area contributed by atoms with Crippen LogP contribution < -0.4 is 0 Å². The summed E-state index contributed by atoms with van der Waals surface area (Å²) < 4.78 is 1.91. The van der Waals surface area contributed by atoms with Crippen LogP contribution in [-0.2, 0) is 11.3 Å². The number of likely N-dealkylation sites (N-methyl/N-ethyl adjacent to an activating group) is 1. The Morgan fingerprint density at radius 2 is 2.00 bits per heavy atom. The molecule has 4 nitrogen and oxygen atoms in total. The van der Waals surface area contributed by atoms with Gasteiger partial charge < -0.3 is 9.47 Å². The average molecular weight is 245 g/mol. The number of carbonyl (C=O) groups excluding carboxylic acids is 1. The highest BCUT2D eigenvalue weighted by molar-refractivity contribution is 5.81. The maximum atomic E-state index is 11.9. The smallest absolute Gasteiger partial charge is 0.242 e. The normalized spacial score (nSPS) is 10.9. The zero-order valence-corrected chi connectivity index (χ0v) is 11.4. The average Bonchev–Trinajstić information content (AvgIpc) is 2.71. The Hall–Kier alpha value is -1.84. The van der Waals surface area contributed by atoms with Crippen LogP contribution in [-0.4, -0.2) is 34.0 Å². The van der Waals surface area contributed by atoms with Gasteiger partial charge in [-0.2, -0.15) is 0 Å². The third kappa shape index (κ3) is 2.23. The lowest BCUT2D eigenvalue weighted by Gasteiger charge is -2.15. The van der Waals surface area contributed by atoms with E-state index < -0.39 is 0 Å². The van der Waals surface area contributed by atoms with Crippen LogP contribution in [0.4, 0.5) is 0 Å². The topological polar surface area (TPSA) is 38.1 Å². The summed E-state index contributed by atoms with van der Waals surface area (Å²) in [6, 6.07) is 4.16. The van der Waals surface area contributed by atoms with Crippen LogP contribution in [0.3, 0.4) is 0 Å². The van der Waals surface area contributed by atoms with Gasteiger partial charge in [-0.1, -0.05) is 0 Å². The Kier molecular flexibility index (Phi) is 3.36. The maximum Gasteiger partial charge on any atom is 0.242 e. The first-order valence-corrected chi connectivity index (χ1v) is 6.19. The van der Waals surface area contributed by atoms with Crippen molar-refractivity contribution in [3.8, 4) is 0 Å². The molecule has 0 saturated heterocycles. The van der Waals surface area contributed by atoms with Gasteiger partial charge >= 0.3 is 0 Å². The van der Waals surface area contributed by atoms with E-state index in [0.717, 1.165) is 17.6 Å². The van der Waals surface area contributed by atoms with E-state index in [4.69, 9.17) is 0 Å². The number of aryl methyl sites for hydroxylation is 2. The molecule has 2 rings (SSSR count). The zero-order valence-electron chi connectivity index (χ0n) is 11.4. The Balaban J connectivity index is 2.35. The number of hydrogen-bond donors (Lipinski definition) is 0. The predicted octanol–water partition coefficient (Wildman–Crippen LogP) is 2.13. The summed E-state index contributed by atoms with van der Waals surface area (Å²) in [4.78, 5) is 18.0. The van der Waals surface area contributed by atoms with Crippen LogP contribution >= 0.6 is 0 Å². The standard InChI is InChI=1S/C14H19N3O/c1-5-16(4)14(18)8-17-9-15-12-6-10(2)11(3)7-13(12)17/h6-7,9H,5,8H2,1-4H3. The fourth-order valence-electron chi connectivity index (χ4n) is 1.88. The largest absolute Gasteiger partial charge is 0.344 e. The Morgan fingerprint density at radius 1 is 1.33 bits per heavy atom. The van der Waals surface area contributed by atoms with Crippen molar-refractivity contribution in [3.63, 3.8) is 0 Å². The Labute approximate surface area is 107 Å². The number of fused-ring (bicyclic) bond motifs is 1. The predicted molar refractivity (Wildman–Crippen MR) is 72.5 cm³/mol. The van der Waals surface area contributed by atoms with Gasteiger partial charge in [-0.15, -0.1) is 0 Å². The lowest BCUT2D eigenvalue weighted by molar-refractivity contribution is -0.130. The van der Waals surface area contributed by atoms with Gasteiger partial charge in [0.2, 0.25) is 5.91 Å². The van der Waals surface area contributed by atoms with E-state index in [2.05, 4.69) is 31.0 Å². The minimum absolute atomic E-state index is 0.107. The lowest BCUT2D eigenvalue weighted by atomic mass is 10.1. The first-order chi connectivity index (χ1) is 8.52. The molecule has 1 amide bonds. The summed E-state index contributed by atoms with van der Waals surface area (Å²) in [5.41, 5.74) is 4.42. The summed E-state index contributed by atoms with van der Waals surface area (Å²) in [7, 11) is 1.82. The first-order valence-electron chi connectivity index (χ1n) is 6.19. The molecule has 4 heteroatoms. The molecule has 0 N–H and O–H groups in total. The molecule has 0 aliphatic heterocycles. The number of aromatic nitrogens is 2. The van der Waals surface area contributed by atoms with E-state index in [1.54, 1.807) is 11.2 Å². The van der Waals surface area contributed by atoms with Gasteiger partial charge in [0.25, 0.3) is 0 Å². The highest BCUT2D eigenvalue weighted by atomic mass is 16.2. The van der Waals surface area contributed by atoms with Gasteiger partial charge in [0, 0.05) is 13.6 Å². The van der Waals surface area contributed by atoms with E-state index in [1.807, 2.05) is 18.5 Å². The molecule has 1 aromatic heterocycles. The van der Waals surface area contributed by atoms with E-state index in [-0.39, 0.29) is 5.91 Å². The van der Waals surface area contributed by atoms with Crippen LogP contribution in [0.15, 0.2) is 18.5 Å². The minimum Gasteiger partial charge on any atom is -0.344 e. The minimum atomic E-state index is 0.107. The fraction of sp³-hybridized carbons (Fsp3) is 0.429. The van der Waals surface area contributed by atoms with Crippen molar-refractivity contribution in [2.45, 2.75) is 27.3 Å². The summed E-state index contributed by atoms with van der Waals surface area (Å²) in [6.45, 7) is 7.19. The molecule has 18 heavy (non-hydrogen) atoms. The van der Waals surface area contributed by atoms with Gasteiger partial charge in [-0.05, 0) is 44.0 Å². The molecule has 0 radical (unpaired) electrons. The van der Waals surface area contributed by atoms with Crippen molar-refractivity contribution in [2.24, 2.45) is 0 Å². The number of nitrogens with zero attached hydrogens (tertiary/aromatic N) is 3. The van der Waals surface area contributed by atoms with Crippen molar-refractivity contribution in [1.82, 2.24) is 14.5 Å². The van der Waals surface area contributed by atoms with E-state index >= 15 is 0 Å². The fourth-order valence-corrected chi connectivity index (χ4v) is 1.88. The molecular formula is C14H19N3O. The summed E-state index contributed by atoms with van der Waals surface area (Å²) in [5.74, 6) is 0.107. The number of hydrogen-bond acceptors (Lipinski definition) is 2. The number of amides is 1. The Bertz CT molecular complexity index is 586. The highest BCUT2D eigenvalue weighted by Gasteiger charge is 2.11. The number of imidazole rings is 1. The lowest BCUT2D eigenvalue weighted by Crippen LogP contribution is -2.29. The van der Waals surface area contributed by atoms with Crippen LogP contribution in [0.5, 0.6) is 0 Å². The van der Waals surface area contributed by atoms with Crippen molar-refractivity contribution in [1.29, 1.82) is 0 Å². The molecule has 0 aliphatic carbocycles. The molecular weight excluding hydrogens is 226 g/mol. The third-order valence-corrected chi connectivity index (χ3v) is 3.44. The van der Waals surface area contributed by atoms with Gasteiger partial charge in [-0.3, -0.25) is 4.79 Å². The van der Waals surface area contributed by atoms with Crippen molar-refractivity contribution < 1.29 is 4.79 Å². The van der Waals surface area contributed by atoms with Gasteiger partial charge in [-0.25, -0.2) is 4.98 Å². The van der Waals surface area contributed by atoms with Crippen LogP contribution in [0.1, 0.15) is 18.1 Å². The second-order valence-corrected chi connectivity index (χ2v) is 4.71. The van der Waals surface area contributed by atoms with Gasteiger partial charge in [0.15, 0.2) is 0 Å². The molecule has 1 heterocycles. The quantitative estimate of drug-likeness (QED) is 0.831. The summed E-state index contributed by atoms with van der Waals surface area (Å²) in [6.07, 6.45) is 1.74. The molecule has 0 fully saturated rings. The zero-order chi connectivity index (χ0) is 13.3. The highest BCUT2D eigenvalue weighted by Crippen LogP contribution is 2.18. The SMILES string of the molecule is CCN(C)C(=O)Cn1cnc2cc(C)c(C)cc21. The van der Waals surface area contributed by atoms with E-state index in [1.165, 1.54) is 11.1 Å². The Morgan fingerprint density at radius 3 is 2.67 bits per heavy atom. The molecule has 0 bridgehead atoms. The maximum absolute atomic E-state index is 11.9. The molecule has 0 aliphatic rings. The van der Waals surface area contributed by atoms with Crippen LogP contribution in [0.2, 0.25) is 0 Å². The van der Waals surface area contributed by atoms with Gasteiger partial charge in [0.1, 0.15) is 6.54 Å². The molecule has 0 saturated carbocycles. The van der Waals surface area contributed by atoms with Crippen LogP contribution in [0.25, 0.3) is 11.0 Å². The van der Waals surface area contributed by atoms with Crippen LogP contribution in [0, 0.1) is 13.8 Å². The number of rotatable bonds is 3. The first kappa shape index (κ1) is 12.6. The third-order valence-electron chi connectivity index (χ3n) is 3.44. The molecule has 96 valence electrons. The summed E-state index contributed by atoms with van der Waals surface area (Å²) >= 11 is 0.